The van der Waals surface area contributed by atoms with E-state index in [1.165, 1.54) is 11.9 Å². The topological polar surface area (TPSA) is 99.9 Å². The number of carbonyl (C=O) groups excluding carboxylic acids is 2. The Bertz CT molecular complexity index is 507. The first-order valence-corrected chi connectivity index (χ1v) is 6.15. The summed E-state index contributed by atoms with van der Waals surface area (Å²) in [6, 6.07) is 1.13. The summed E-state index contributed by atoms with van der Waals surface area (Å²) in [7, 11) is 1.44. The molecule has 0 radical (unpaired) electrons. The summed E-state index contributed by atoms with van der Waals surface area (Å²) in [6.45, 7) is 4.34. The van der Waals surface area contributed by atoms with E-state index in [-0.39, 0.29) is 23.8 Å². The van der Waals surface area contributed by atoms with E-state index in [9.17, 15) is 14.4 Å². The molecule has 1 aromatic heterocycles. The lowest BCUT2D eigenvalue weighted by Gasteiger charge is -2.15. The molecule has 1 rings (SSSR count). The maximum absolute atomic E-state index is 11.9. The molecule has 2 amide bonds. The van der Waals surface area contributed by atoms with Gasteiger partial charge >= 0.3 is 5.97 Å². The molecule has 0 fully saturated rings. The van der Waals surface area contributed by atoms with Crippen molar-refractivity contribution in [3.8, 4) is 0 Å². The number of carboxylic acid groups (broad SMARTS) is 1. The fourth-order valence-electron chi connectivity index (χ4n) is 1.41. The summed E-state index contributed by atoms with van der Waals surface area (Å²) < 4.78 is 4.88. The van der Waals surface area contributed by atoms with E-state index in [0.717, 1.165) is 12.3 Å². The van der Waals surface area contributed by atoms with Crippen LogP contribution in [0.2, 0.25) is 0 Å². The van der Waals surface area contributed by atoms with Crippen LogP contribution in [0.5, 0.6) is 0 Å². The molecule has 0 bridgehead atoms. The zero-order valence-corrected chi connectivity index (χ0v) is 11.7. The molecule has 0 unspecified atom stereocenters. The second kappa shape index (κ2) is 6.74. The molecule has 0 aliphatic rings. The molecule has 0 aliphatic heterocycles. The zero-order chi connectivity index (χ0) is 15.3. The number of carboxylic acids is 1. The average Bonchev–Trinajstić information content (AvgIpc) is 2.85. The Hall–Kier alpha value is -2.31. The smallest absolute Gasteiger partial charge is 0.338 e. The molecule has 1 heterocycles. The lowest BCUT2D eigenvalue weighted by molar-refractivity contribution is -0.121. The van der Waals surface area contributed by atoms with E-state index in [1.807, 2.05) is 13.8 Å². The van der Waals surface area contributed by atoms with Crippen LogP contribution in [-0.4, -0.2) is 47.9 Å². The van der Waals surface area contributed by atoms with Gasteiger partial charge in [-0.3, -0.25) is 9.59 Å². The Balaban J connectivity index is 2.57. The lowest BCUT2D eigenvalue weighted by atomic mass is 10.2. The highest BCUT2D eigenvalue weighted by atomic mass is 16.4. The largest absolute Gasteiger partial charge is 0.478 e. The van der Waals surface area contributed by atoms with E-state index in [2.05, 4.69) is 5.32 Å². The van der Waals surface area contributed by atoms with Crippen molar-refractivity contribution in [2.45, 2.75) is 13.8 Å². The number of nitrogens with one attached hydrogen (secondary N) is 1. The van der Waals surface area contributed by atoms with E-state index in [0.29, 0.717) is 12.5 Å². The van der Waals surface area contributed by atoms with Crippen molar-refractivity contribution in [1.82, 2.24) is 10.2 Å². The third kappa shape index (κ3) is 4.42. The normalized spacial score (nSPS) is 10.4. The molecule has 110 valence electrons. The molecule has 0 aromatic carbocycles. The molecule has 7 heteroatoms. The summed E-state index contributed by atoms with van der Waals surface area (Å²) in [5, 5.41) is 11.4. The van der Waals surface area contributed by atoms with Crippen LogP contribution in [0.1, 0.15) is 34.8 Å². The summed E-state index contributed by atoms with van der Waals surface area (Å²) in [4.78, 5) is 35.3. The molecule has 7 nitrogen and oxygen atoms in total. The van der Waals surface area contributed by atoms with Gasteiger partial charge in [0.05, 0.1) is 12.1 Å². The van der Waals surface area contributed by atoms with Gasteiger partial charge in [-0.1, -0.05) is 13.8 Å². The average molecular weight is 282 g/mol. The fourth-order valence-corrected chi connectivity index (χ4v) is 1.41. The molecular formula is C13H18N2O5. The molecule has 20 heavy (non-hydrogen) atoms. The minimum absolute atomic E-state index is 0.106. The number of aromatic carboxylic acids is 1. The minimum atomic E-state index is -1.18. The summed E-state index contributed by atoms with van der Waals surface area (Å²) >= 11 is 0. The predicted octanol–water partition coefficient (Wildman–Crippen LogP) is 0.822. The van der Waals surface area contributed by atoms with E-state index >= 15 is 0 Å². The third-order valence-corrected chi connectivity index (χ3v) is 2.49. The Kier molecular flexibility index (Phi) is 5.31. The fraction of sp³-hybridized carbons (Fsp3) is 0.462. The number of hydrogen-bond acceptors (Lipinski definition) is 4. The SMILES string of the molecule is CC(C)CNC(=O)CN(C)C(=O)c1cc(C(=O)O)co1. The third-order valence-electron chi connectivity index (χ3n) is 2.49. The van der Waals surface area contributed by atoms with Crippen molar-refractivity contribution < 1.29 is 23.9 Å². The van der Waals surface area contributed by atoms with Crippen molar-refractivity contribution in [1.29, 1.82) is 0 Å². The van der Waals surface area contributed by atoms with Crippen LogP contribution in [0.15, 0.2) is 16.7 Å². The number of nitrogens with zero attached hydrogens (tertiary/aromatic N) is 1. The van der Waals surface area contributed by atoms with Crippen LogP contribution >= 0.6 is 0 Å². The quantitative estimate of drug-likeness (QED) is 0.804. The van der Waals surface area contributed by atoms with Gasteiger partial charge in [-0.05, 0) is 5.92 Å². The van der Waals surface area contributed by atoms with Crippen molar-refractivity contribution in [2.24, 2.45) is 5.92 Å². The molecule has 0 atom stereocenters. The molecule has 0 spiro atoms. The number of amides is 2. The van der Waals surface area contributed by atoms with Crippen molar-refractivity contribution in [3.63, 3.8) is 0 Å². The number of rotatable bonds is 6. The van der Waals surface area contributed by atoms with Crippen LogP contribution in [0, 0.1) is 5.92 Å². The van der Waals surface area contributed by atoms with Gasteiger partial charge in [0.1, 0.15) is 6.26 Å². The van der Waals surface area contributed by atoms with Gasteiger partial charge in [-0.25, -0.2) is 4.79 Å². The van der Waals surface area contributed by atoms with Crippen LogP contribution in [0.25, 0.3) is 0 Å². The first-order chi connectivity index (χ1) is 9.31. The Morgan fingerprint density at radius 1 is 1.40 bits per heavy atom. The van der Waals surface area contributed by atoms with Gasteiger partial charge in [0.25, 0.3) is 5.91 Å². The maximum atomic E-state index is 11.9. The minimum Gasteiger partial charge on any atom is -0.478 e. The zero-order valence-electron chi connectivity index (χ0n) is 11.7. The van der Waals surface area contributed by atoms with Crippen LogP contribution in [0.3, 0.4) is 0 Å². The predicted molar refractivity (Wildman–Crippen MR) is 70.5 cm³/mol. The number of likely N-dealkylation sites (N-methyl/N-ethyl adjacent to an activating group) is 1. The standard InChI is InChI=1S/C13H18N2O5/c1-8(2)5-14-11(16)6-15(3)12(17)10-4-9(7-20-10)13(18)19/h4,7-8H,5-6H2,1-3H3,(H,14,16)(H,18,19). The second-order valence-corrected chi connectivity index (χ2v) is 4.86. The Morgan fingerprint density at radius 3 is 2.55 bits per heavy atom. The molecule has 0 saturated heterocycles. The highest BCUT2D eigenvalue weighted by molar-refractivity contribution is 5.96. The van der Waals surface area contributed by atoms with Crippen molar-refractivity contribution >= 4 is 17.8 Å². The Labute approximate surface area is 116 Å². The van der Waals surface area contributed by atoms with Gasteiger partial charge in [0.15, 0.2) is 5.76 Å². The van der Waals surface area contributed by atoms with Crippen molar-refractivity contribution in [2.75, 3.05) is 20.1 Å². The van der Waals surface area contributed by atoms with Gasteiger partial charge in [-0.15, -0.1) is 0 Å². The maximum Gasteiger partial charge on any atom is 0.338 e. The molecule has 0 saturated carbocycles. The molecule has 0 aliphatic carbocycles. The number of furan rings is 1. The highest BCUT2D eigenvalue weighted by Crippen LogP contribution is 2.10. The van der Waals surface area contributed by atoms with E-state index in [1.54, 1.807) is 0 Å². The number of hydrogen-bond donors (Lipinski definition) is 2. The summed E-state index contributed by atoms with van der Waals surface area (Å²) in [6.07, 6.45) is 0.988. The van der Waals surface area contributed by atoms with E-state index in [4.69, 9.17) is 9.52 Å². The first kappa shape index (κ1) is 15.7. The van der Waals surface area contributed by atoms with Gasteiger partial charge in [-0.2, -0.15) is 0 Å². The molecule has 2 N–H and O–H groups in total. The summed E-state index contributed by atoms with van der Waals surface area (Å²) in [5.41, 5.74) is -0.106. The summed E-state index contributed by atoms with van der Waals surface area (Å²) in [5.74, 6) is -1.79. The monoisotopic (exact) mass is 282 g/mol. The molecular weight excluding hydrogens is 264 g/mol. The van der Waals surface area contributed by atoms with Gasteiger partial charge in [0.2, 0.25) is 5.91 Å². The molecule has 1 aromatic rings. The van der Waals surface area contributed by atoms with E-state index < -0.39 is 11.9 Å². The highest BCUT2D eigenvalue weighted by Gasteiger charge is 2.20. The van der Waals surface area contributed by atoms with Crippen LogP contribution in [0.4, 0.5) is 0 Å². The Morgan fingerprint density at radius 2 is 2.05 bits per heavy atom. The first-order valence-electron chi connectivity index (χ1n) is 6.15. The second-order valence-electron chi connectivity index (χ2n) is 4.86. The van der Waals surface area contributed by atoms with Gasteiger partial charge < -0.3 is 19.7 Å². The number of carbonyl (C=O) groups is 3. The van der Waals surface area contributed by atoms with Crippen LogP contribution in [-0.2, 0) is 4.79 Å². The van der Waals surface area contributed by atoms with Gasteiger partial charge in [0, 0.05) is 19.7 Å². The lowest BCUT2D eigenvalue weighted by Crippen LogP contribution is -2.39. The van der Waals surface area contributed by atoms with Crippen LogP contribution < -0.4 is 5.32 Å². The van der Waals surface area contributed by atoms with Crippen molar-refractivity contribution in [3.05, 3.63) is 23.7 Å².